The van der Waals surface area contributed by atoms with Crippen LogP contribution in [0, 0.1) is 0 Å². The van der Waals surface area contributed by atoms with Gasteiger partial charge in [0.25, 0.3) is 0 Å². The van der Waals surface area contributed by atoms with Gasteiger partial charge in [0.1, 0.15) is 18.7 Å². The van der Waals surface area contributed by atoms with Gasteiger partial charge in [-0.2, -0.15) is 18.3 Å². The van der Waals surface area contributed by atoms with Crippen molar-refractivity contribution < 1.29 is 13.2 Å². The standard InChI is InChI=1S/C15H15F3N6/c1-23-7-19-6-12-14(23)21-13(24(12)2)9-3-8(15(16,17)18)4-11-10(9)5-20-22-11/h3-6,13,21H,7H2,1-2H3,(H,20,22). The summed E-state index contributed by atoms with van der Waals surface area (Å²) in [6.07, 6.45) is -1.56. The van der Waals surface area contributed by atoms with Crippen molar-refractivity contribution in [2.24, 2.45) is 4.99 Å². The predicted molar refractivity (Wildman–Crippen MR) is 82.9 cm³/mol. The molecule has 9 heteroatoms. The van der Waals surface area contributed by atoms with Crippen LogP contribution in [0.3, 0.4) is 0 Å². The first kappa shape index (κ1) is 14.9. The van der Waals surface area contributed by atoms with Crippen LogP contribution in [-0.2, 0) is 6.18 Å². The van der Waals surface area contributed by atoms with Gasteiger partial charge in [0.2, 0.25) is 0 Å². The normalized spacial score (nSPS) is 20.8. The molecule has 0 amide bonds. The van der Waals surface area contributed by atoms with Crippen LogP contribution in [0.2, 0.25) is 0 Å². The summed E-state index contributed by atoms with van der Waals surface area (Å²) >= 11 is 0. The van der Waals surface area contributed by atoms with Gasteiger partial charge in [-0.3, -0.25) is 10.1 Å². The number of H-pyrrole nitrogens is 1. The molecule has 24 heavy (non-hydrogen) atoms. The molecule has 6 nitrogen and oxygen atoms in total. The maximum atomic E-state index is 13.2. The number of hydrogen-bond donors (Lipinski definition) is 2. The Hall–Kier alpha value is -2.71. The molecule has 0 aliphatic carbocycles. The third-order valence-corrected chi connectivity index (χ3v) is 4.39. The van der Waals surface area contributed by atoms with Gasteiger partial charge in [0.15, 0.2) is 0 Å². The highest BCUT2D eigenvalue weighted by atomic mass is 19.4. The van der Waals surface area contributed by atoms with E-state index in [0.29, 0.717) is 23.1 Å². The van der Waals surface area contributed by atoms with Crippen LogP contribution in [0.25, 0.3) is 10.9 Å². The van der Waals surface area contributed by atoms with Crippen LogP contribution in [-0.4, -0.2) is 47.0 Å². The first-order valence-corrected chi connectivity index (χ1v) is 7.35. The Morgan fingerprint density at radius 1 is 1.25 bits per heavy atom. The van der Waals surface area contributed by atoms with Crippen LogP contribution in [0.4, 0.5) is 13.2 Å². The van der Waals surface area contributed by atoms with E-state index in [1.807, 2.05) is 23.9 Å². The number of hydrogen-bond acceptors (Lipinski definition) is 5. The molecule has 2 aromatic rings. The van der Waals surface area contributed by atoms with Crippen molar-refractivity contribution in [2.75, 3.05) is 20.8 Å². The lowest BCUT2D eigenvalue weighted by Gasteiger charge is -2.24. The summed E-state index contributed by atoms with van der Waals surface area (Å²) in [5.41, 5.74) is 1.04. The summed E-state index contributed by atoms with van der Waals surface area (Å²) in [7, 11) is 3.71. The number of halogens is 3. The van der Waals surface area contributed by atoms with E-state index >= 15 is 0 Å². The zero-order valence-electron chi connectivity index (χ0n) is 13.0. The van der Waals surface area contributed by atoms with Gasteiger partial charge in [-0.25, -0.2) is 0 Å². The summed E-state index contributed by atoms with van der Waals surface area (Å²) in [6, 6.07) is 2.27. The Kier molecular flexibility index (Phi) is 3.03. The lowest BCUT2D eigenvalue weighted by Crippen LogP contribution is -2.30. The largest absolute Gasteiger partial charge is 0.416 e. The summed E-state index contributed by atoms with van der Waals surface area (Å²) < 4.78 is 39.7. The minimum Gasteiger partial charge on any atom is -0.346 e. The van der Waals surface area contributed by atoms with E-state index in [4.69, 9.17) is 0 Å². The van der Waals surface area contributed by atoms with Gasteiger partial charge in [-0.15, -0.1) is 0 Å². The molecule has 1 atom stereocenters. The number of aromatic nitrogens is 2. The predicted octanol–water partition coefficient (Wildman–Crippen LogP) is 2.26. The Balaban J connectivity index is 1.83. The smallest absolute Gasteiger partial charge is 0.346 e. The molecule has 2 aliphatic heterocycles. The fourth-order valence-corrected chi connectivity index (χ4v) is 3.14. The number of nitrogens with zero attached hydrogens (tertiary/aromatic N) is 4. The van der Waals surface area contributed by atoms with Crippen molar-refractivity contribution in [3.05, 3.63) is 41.0 Å². The minimum absolute atomic E-state index is 0.363. The molecule has 0 saturated carbocycles. The molecule has 2 aliphatic rings. The van der Waals surface area contributed by atoms with Crippen molar-refractivity contribution in [3.63, 3.8) is 0 Å². The third kappa shape index (κ3) is 2.11. The monoisotopic (exact) mass is 336 g/mol. The summed E-state index contributed by atoms with van der Waals surface area (Å²) in [5.74, 6) is 0.853. The number of nitrogens with one attached hydrogen (secondary N) is 2. The molecule has 0 saturated heterocycles. The summed E-state index contributed by atoms with van der Waals surface area (Å²) in [4.78, 5) is 8.06. The zero-order valence-corrected chi connectivity index (χ0v) is 13.0. The lowest BCUT2D eigenvalue weighted by molar-refractivity contribution is -0.137. The number of benzene rings is 1. The molecule has 0 spiro atoms. The molecule has 1 aromatic heterocycles. The Morgan fingerprint density at radius 3 is 2.75 bits per heavy atom. The zero-order chi connectivity index (χ0) is 17.1. The van der Waals surface area contributed by atoms with Gasteiger partial charge in [-0.1, -0.05) is 0 Å². The van der Waals surface area contributed by atoms with E-state index in [1.54, 1.807) is 12.4 Å². The molecule has 0 bridgehead atoms. The maximum Gasteiger partial charge on any atom is 0.416 e. The first-order chi connectivity index (χ1) is 11.4. The van der Waals surface area contributed by atoms with Crippen LogP contribution >= 0.6 is 0 Å². The molecule has 2 N–H and O–H groups in total. The second kappa shape index (κ2) is 4.89. The van der Waals surface area contributed by atoms with Crippen molar-refractivity contribution in [3.8, 4) is 0 Å². The number of alkyl halides is 3. The molecule has 4 rings (SSSR count). The van der Waals surface area contributed by atoms with Crippen LogP contribution in [0.15, 0.2) is 34.8 Å². The topological polar surface area (TPSA) is 59.6 Å². The fraction of sp³-hybridized carbons (Fsp3) is 0.333. The average Bonchev–Trinajstić information content (AvgIpc) is 3.11. The molecule has 126 valence electrons. The maximum absolute atomic E-state index is 13.2. The lowest BCUT2D eigenvalue weighted by atomic mass is 10.0. The second-order valence-corrected chi connectivity index (χ2v) is 5.94. The van der Waals surface area contributed by atoms with E-state index in [2.05, 4.69) is 20.5 Å². The molecule has 3 heterocycles. The number of aliphatic imine (C=N–C) groups is 1. The quantitative estimate of drug-likeness (QED) is 0.839. The Bertz CT molecular complexity index is 866. The van der Waals surface area contributed by atoms with Gasteiger partial charge in [-0.05, 0) is 12.1 Å². The van der Waals surface area contributed by atoms with Crippen molar-refractivity contribution in [1.29, 1.82) is 0 Å². The van der Waals surface area contributed by atoms with Crippen molar-refractivity contribution >= 4 is 17.1 Å². The van der Waals surface area contributed by atoms with Crippen molar-refractivity contribution in [1.82, 2.24) is 25.3 Å². The molecule has 0 fully saturated rings. The SMILES string of the molecule is CN1CN=CC2=C1NC(c1cc(C(F)(F)F)cc3[nH]ncc13)N2C. The van der Waals surface area contributed by atoms with Crippen LogP contribution in [0.5, 0.6) is 0 Å². The Morgan fingerprint density at radius 2 is 2.04 bits per heavy atom. The summed E-state index contributed by atoms with van der Waals surface area (Å²) in [5, 5.41) is 10.5. The molecular weight excluding hydrogens is 321 g/mol. The van der Waals surface area contributed by atoms with Gasteiger partial charge < -0.3 is 15.1 Å². The number of allylic oxidation sites excluding steroid dienone is 1. The molecule has 0 radical (unpaired) electrons. The molecular formula is C15H15F3N6. The van der Waals surface area contributed by atoms with E-state index in [-0.39, 0.29) is 0 Å². The number of fused-ring (bicyclic) bond motifs is 1. The van der Waals surface area contributed by atoms with Crippen LogP contribution in [0.1, 0.15) is 17.3 Å². The van der Waals surface area contributed by atoms with E-state index < -0.39 is 17.9 Å². The highest BCUT2D eigenvalue weighted by molar-refractivity contribution is 5.85. The number of aromatic amines is 1. The van der Waals surface area contributed by atoms with E-state index in [9.17, 15) is 13.2 Å². The van der Waals surface area contributed by atoms with Crippen LogP contribution < -0.4 is 5.32 Å². The van der Waals surface area contributed by atoms with Gasteiger partial charge in [0.05, 0.1) is 29.2 Å². The fourth-order valence-electron chi connectivity index (χ4n) is 3.14. The highest BCUT2D eigenvalue weighted by Crippen LogP contribution is 2.38. The molecule has 1 unspecified atom stereocenters. The Labute approximate surface area is 135 Å². The second-order valence-electron chi connectivity index (χ2n) is 5.94. The summed E-state index contributed by atoms with van der Waals surface area (Å²) in [6.45, 7) is 0.510. The first-order valence-electron chi connectivity index (χ1n) is 7.35. The van der Waals surface area contributed by atoms with E-state index in [0.717, 1.165) is 17.6 Å². The minimum atomic E-state index is -4.42. The molecule has 1 aromatic carbocycles. The third-order valence-electron chi connectivity index (χ3n) is 4.39. The van der Waals surface area contributed by atoms with Gasteiger partial charge >= 0.3 is 6.18 Å². The highest BCUT2D eigenvalue weighted by Gasteiger charge is 2.36. The van der Waals surface area contributed by atoms with Gasteiger partial charge in [0, 0.05) is 25.0 Å². The average molecular weight is 336 g/mol. The van der Waals surface area contributed by atoms with Crippen molar-refractivity contribution in [2.45, 2.75) is 12.3 Å². The number of rotatable bonds is 1. The van der Waals surface area contributed by atoms with E-state index in [1.165, 1.54) is 6.07 Å².